The van der Waals surface area contributed by atoms with Gasteiger partial charge in [-0.3, -0.25) is 4.98 Å². The molecular formula is C11H10BrFN4O. The smallest absolute Gasteiger partial charge is 0.237 e. The number of methoxy groups -OCH3 is 1. The van der Waals surface area contributed by atoms with Crippen LogP contribution in [-0.4, -0.2) is 17.1 Å². The summed E-state index contributed by atoms with van der Waals surface area (Å²) in [5.41, 5.74) is 12.3. The van der Waals surface area contributed by atoms with E-state index in [1.165, 1.54) is 13.3 Å². The lowest BCUT2D eigenvalue weighted by Gasteiger charge is -2.11. The summed E-state index contributed by atoms with van der Waals surface area (Å²) in [5, 5.41) is 0. The van der Waals surface area contributed by atoms with Gasteiger partial charge in [0, 0.05) is 10.7 Å². The Labute approximate surface area is 111 Å². The average Bonchev–Trinajstić information content (AvgIpc) is 2.32. The van der Waals surface area contributed by atoms with Crippen LogP contribution in [0.5, 0.6) is 5.88 Å². The number of hydrogen-bond donors (Lipinski definition) is 2. The zero-order valence-corrected chi connectivity index (χ0v) is 11.0. The second kappa shape index (κ2) is 4.77. The van der Waals surface area contributed by atoms with Gasteiger partial charge in [-0.2, -0.15) is 0 Å². The van der Waals surface area contributed by atoms with Crippen molar-refractivity contribution in [3.63, 3.8) is 0 Å². The molecule has 7 heteroatoms. The van der Waals surface area contributed by atoms with Crippen molar-refractivity contribution in [1.29, 1.82) is 0 Å². The van der Waals surface area contributed by atoms with Crippen molar-refractivity contribution in [3.8, 4) is 17.1 Å². The minimum absolute atomic E-state index is 0.0685. The van der Waals surface area contributed by atoms with Gasteiger partial charge in [-0.15, -0.1) is 0 Å². The average molecular weight is 313 g/mol. The second-order valence-corrected chi connectivity index (χ2v) is 4.41. The number of anilines is 2. The van der Waals surface area contributed by atoms with Crippen LogP contribution in [0.2, 0.25) is 0 Å². The summed E-state index contributed by atoms with van der Waals surface area (Å²) < 4.78 is 19.5. The molecule has 0 aliphatic rings. The number of nitrogens with two attached hydrogens (primary N) is 2. The van der Waals surface area contributed by atoms with Gasteiger partial charge < -0.3 is 16.2 Å². The largest absolute Gasteiger partial charge is 0.480 e. The lowest BCUT2D eigenvalue weighted by molar-refractivity contribution is 0.398. The number of nitrogens with zero attached hydrogens (tertiary/aromatic N) is 2. The lowest BCUT2D eigenvalue weighted by Crippen LogP contribution is -2.03. The maximum absolute atomic E-state index is 13.8. The Kier molecular flexibility index (Phi) is 3.33. The van der Waals surface area contributed by atoms with Crippen LogP contribution in [-0.2, 0) is 0 Å². The minimum Gasteiger partial charge on any atom is -0.480 e. The maximum atomic E-state index is 13.8. The summed E-state index contributed by atoms with van der Waals surface area (Å²) in [6.45, 7) is 0. The van der Waals surface area contributed by atoms with Crippen LogP contribution in [0.15, 0.2) is 22.9 Å². The summed E-state index contributed by atoms with van der Waals surface area (Å²) in [6.07, 6.45) is 2.53. The molecule has 94 valence electrons. The molecular weight excluding hydrogens is 303 g/mol. The highest BCUT2D eigenvalue weighted by molar-refractivity contribution is 9.10. The van der Waals surface area contributed by atoms with Gasteiger partial charge >= 0.3 is 0 Å². The van der Waals surface area contributed by atoms with E-state index in [0.29, 0.717) is 10.2 Å². The Bertz CT molecular complexity index is 606. The number of ether oxygens (including phenoxy) is 1. The molecule has 0 saturated heterocycles. The van der Waals surface area contributed by atoms with Crippen molar-refractivity contribution < 1.29 is 9.13 Å². The maximum Gasteiger partial charge on any atom is 0.237 e. The molecule has 0 spiro atoms. The quantitative estimate of drug-likeness (QED) is 0.887. The number of hydrogen-bond acceptors (Lipinski definition) is 5. The van der Waals surface area contributed by atoms with E-state index in [1.54, 1.807) is 6.07 Å². The van der Waals surface area contributed by atoms with Crippen molar-refractivity contribution in [1.82, 2.24) is 9.97 Å². The molecule has 0 fully saturated rings. The summed E-state index contributed by atoms with van der Waals surface area (Å²) >= 11 is 3.23. The van der Waals surface area contributed by atoms with Gasteiger partial charge in [0.05, 0.1) is 30.3 Å². The first kappa shape index (κ1) is 12.6. The predicted octanol–water partition coefficient (Wildman–Crippen LogP) is 2.22. The van der Waals surface area contributed by atoms with E-state index in [-0.39, 0.29) is 22.8 Å². The Hall–Kier alpha value is -1.89. The van der Waals surface area contributed by atoms with Crippen molar-refractivity contribution in [3.05, 3.63) is 28.7 Å². The van der Waals surface area contributed by atoms with Gasteiger partial charge in [0.15, 0.2) is 5.82 Å². The molecule has 0 amide bonds. The highest BCUT2D eigenvalue weighted by Crippen LogP contribution is 2.36. The fraction of sp³-hybridized carbons (Fsp3) is 0.0909. The van der Waals surface area contributed by atoms with Gasteiger partial charge in [-0.1, -0.05) is 0 Å². The molecule has 0 aliphatic carbocycles. The van der Waals surface area contributed by atoms with Crippen LogP contribution < -0.4 is 16.2 Å². The number of nitrogen functional groups attached to an aromatic ring is 2. The third-order valence-corrected chi connectivity index (χ3v) is 2.78. The van der Waals surface area contributed by atoms with Gasteiger partial charge in [0.25, 0.3) is 0 Å². The zero-order valence-electron chi connectivity index (χ0n) is 9.45. The van der Waals surface area contributed by atoms with Crippen LogP contribution >= 0.6 is 15.9 Å². The predicted molar refractivity (Wildman–Crippen MR) is 70.5 cm³/mol. The molecule has 2 rings (SSSR count). The molecule has 0 atom stereocenters. The molecule has 0 aromatic carbocycles. The van der Waals surface area contributed by atoms with E-state index in [9.17, 15) is 4.39 Å². The first-order valence-electron chi connectivity index (χ1n) is 4.94. The third-order valence-electron chi connectivity index (χ3n) is 2.35. The van der Waals surface area contributed by atoms with Crippen LogP contribution in [0.1, 0.15) is 0 Å². The van der Waals surface area contributed by atoms with Crippen molar-refractivity contribution in [2.75, 3.05) is 18.6 Å². The Morgan fingerprint density at radius 1 is 1.28 bits per heavy atom. The lowest BCUT2D eigenvalue weighted by atomic mass is 10.1. The Balaban J connectivity index is 2.70. The van der Waals surface area contributed by atoms with Gasteiger partial charge in [-0.25, -0.2) is 9.37 Å². The molecule has 0 unspecified atom stereocenters. The molecule has 2 aromatic rings. The number of rotatable bonds is 2. The summed E-state index contributed by atoms with van der Waals surface area (Å²) in [6, 6.07) is 1.62. The van der Waals surface area contributed by atoms with Crippen LogP contribution in [0.4, 0.5) is 15.8 Å². The highest BCUT2D eigenvalue weighted by atomic mass is 79.9. The molecule has 4 N–H and O–H groups in total. The van der Waals surface area contributed by atoms with Crippen LogP contribution in [0, 0.1) is 5.82 Å². The van der Waals surface area contributed by atoms with Crippen LogP contribution in [0.25, 0.3) is 11.3 Å². The molecule has 5 nitrogen and oxygen atoms in total. The van der Waals surface area contributed by atoms with Crippen molar-refractivity contribution >= 4 is 27.3 Å². The van der Waals surface area contributed by atoms with Gasteiger partial charge in [0.2, 0.25) is 5.88 Å². The number of pyridine rings is 2. The molecule has 0 radical (unpaired) electrons. The molecule has 0 saturated carbocycles. The Morgan fingerprint density at radius 3 is 2.61 bits per heavy atom. The molecule has 0 bridgehead atoms. The SMILES string of the molecule is COc1ncc(F)c(-c2ncc(Br)cc2N)c1N. The highest BCUT2D eigenvalue weighted by Gasteiger charge is 2.18. The zero-order chi connectivity index (χ0) is 13.3. The topological polar surface area (TPSA) is 87.0 Å². The second-order valence-electron chi connectivity index (χ2n) is 3.50. The number of halogens is 2. The van der Waals surface area contributed by atoms with E-state index in [0.717, 1.165) is 6.20 Å². The molecule has 18 heavy (non-hydrogen) atoms. The summed E-state index contributed by atoms with van der Waals surface area (Å²) in [5.74, 6) is -0.467. The first-order chi connectivity index (χ1) is 8.54. The molecule has 2 aromatic heterocycles. The third kappa shape index (κ3) is 2.08. The van der Waals surface area contributed by atoms with Crippen molar-refractivity contribution in [2.45, 2.75) is 0 Å². The number of aromatic nitrogens is 2. The monoisotopic (exact) mass is 312 g/mol. The normalized spacial score (nSPS) is 10.4. The standard InChI is InChI=1S/C11H10BrFN4O/c1-18-11-9(15)8(6(13)4-17-11)10-7(14)2-5(12)3-16-10/h2-4H,14-15H2,1H3. The van der Waals surface area contributed by atoms with E-state index in [2.05, 4.69) is 25.9 Å². The summed E-state index contributed by atoms with van der Waals surface area (Å²) in [4.78, 5) is 7.80. The van der Waals surface area contributed by atoms with Gasteiger partial charge in [-0.05, 0) is 22.0 Å². The minimum atomic E-state index is -0.602. The van der Waals surface area contributed by atoms with Gasteiger partial charge in [0.1, 0.15) is 5.69 Å². The summed E-state index contributed by atoms with van der Waals surface area (Å²) in [7, 11) is 1.40. The Morgan fingerprint density at radius 2 is 2.00 bits per heavy atom. The fourth-order valence-electron chi connectivity index (χ4n) is 1.55. The van der Waals surface area contributed by atoms with Crippen LogP contribution in [0.3, 0.4) is 0 Å². The van der Waals surface area contributed by atoms with Crippen molar-refractivity contribution in [2.24, 2.45) is 0 Å². The van der Waals surface area contributed by atoms with E-state index in [1.807, 2.05) is 0 Å². The molecule has 0 aliphatic heterocycles. The fourth-order valence-corrected chi connectivity index (χ4v) is 1.90. The van der Waals surface area contributed by atoms with E-state index < -0.39 is 5.82 Å². The van der Waals surface area contributed by atoms with E-state index in [4.69, 9.17) is 16.2 Å². The molecule has 2 heterocycles. The first-order valence-corrected chi connectivity index (χ1v) is 5.73. The van der Waals surface area contributed by atoms with E-state index >= 15 is 0 Å².